The third kappa shape index (κ3) is 6.27. The molecule has 0 radical (unpaired) electrons. The molecule has 0 N–H and O–H groups in total. The van der Waals surface area contributed by atoms with Crippen molar-refractivity contribution in [3.63, 3.8) is 0 Å². The van der Waals surface area contributed by atoms with Gasteiger partial charge in [0.15, 0.2) is 9.84 Å². The smallest absolute Gasteiger partial charge is 0.238 e. The molecule has 3 rings (SSSR count). The number of amides is 1. The number of halogens is 1. The molecule has 8 heteroatoms. The van der Waals surface area contributed by atoms with Crippen molar-refractivity contribution in [2.24, 2.45) is 0 Å². The van der Waals surface area contributed by atoms with E-state index in [9.17, 15) is 13.2 Å². The Morgan fingerprint density at radius 3 is 2.11 bits per heavy atom. The summed E-state index contributed by atoms with van der Waals surface area (Å²) in [5.74, 6) is -1.01. The average Bonchev–Trinajstić information content (AvgIpc) is 3.27. The summed E-state index contributed by atoms with van der Waals surface area (Å²) in [5, 5.41) is 3.90. The number of sulfone groups is 1. The van der Waals surface area contributed by atoms with E-state index in [-0.39, 0.29) is 11.7 Å². The van der Waals surface area contributed by atoms with Crippen molar-refractivity contribution in [3.05, 3.63) is 79.1 Å². The lowest BCUT2D eigenvalue weighted by Gasteiger charge is -2.21. The Labute approximate surface area is 175 Å². The van der Waals surface area contributed by atoms with Crippen LogP contribution in [0.2, 0.25) is 0 Å². The minimum Gasteiger partial charge on any atom is -0.332 e. The highest BCUT2D eigenvalue weighted by atomic mass is 79.9. The second-order valence-corrected chi connectivity index (χ2v) is 11.1. The van der Waals surface area contributed by atoms with E-state index in [1.165, 1.54) is 0 Å². The second kappa shape index (κ2) is 9.14. The minimum atomic E-state index is -3.56. The van der Waals surface area contributed by atoms with Gasteiger partial charge in [-0.25, -0.2) is 8.42 Å². The maximum atomic E-state index is 12.8. The molecule has 0 aliphatic rings. The van der Waals surface area contributed by atoms with Crippen LogP contribution in [0.1, 0.15) is 15.3 Å². The number of carbonyl (C=O) groups is 1. The van der Waals surface area contributed by atoms with Gasteiger partial charge in [0.25, 0.3) is 0 Å². The second-order valence-electron chi connectivity index (χ2n) is 6.07. The molecule has 0 spiro atoms. The van der Waals surface area contributed by atoms with E-state index >= 15 is 0 Å². The van der Waals surface area contributed by atoms with Crippen LogP contribution in [0.25, 0.3) is 0 Å². The molecule has 3 aromatic rings. The molecule has 0 fully saturated rings. The van der Waals surface area contributed by atoms with E-state index in [1.807, 2.05) is 41.1 Å². The lowest BCUT2D eigenvalue weighted by atomic mass is 10.2. The highest BCUT2D eigenvalue weighted by molar-refractivity contribution is 9.10. The third-order valence-electron chi connectivity index (χ3n) is 3.83. The molecular weight excluding hydrogens is 466 g/mol. The fraction of sp³-hybridized carbons (Fsp3) is 0.211. The summed E-state index contributed by atoms with van der Waals surface area (Å²) in [4.78, 5) is 16.5. The molecule has 27 heavy (non-hydrogen) atoms. The van der Waals surface area contributed by atoms with Crippen LogP contribution in [0, 0.1) is 0 Å². The van der Waals surface area contributed by atoms with Crippen molar-refractivity contribution in [3.8, 4) is 0 Å². The van der Waals surface area contributed by atoms with E-state index in [4.69, 9.17) is 0 Å². The summed E-state index contributed by atoms with van der Waals surface area (Å²) in [7, 11) is -3.56. The van der Waals surface area contributed by atoms with Crippen molar-refractivity contribution in [1.82, 2.24) is 4.90 Å². The first kappa shape index (κ1) is 20.3. The van der Waals surface area contributed by atoms with Gasteiger partial charge in [0.1, 0.15) is 5.75 Å². The number of carbonyl (C=O) groups excluding carboxylic acids is 1. The summed E-state index contributed by atoms with van der Waals surface area (Å²) >= 11 is 6.46. The van der Waals surface area contributed by atoms with Gasteiger partial charge in [-0.3, -0.25) is 4.79 Å². The number of hydrogen-bond donors (Lipinski definition) is 0. The van der Waals surface area contributed by atoms with Crippen LogP contribution in [0.4, 0.5) is 0 Å². The van der Waals surface area contributed by atoms with Gasteiger partial charge in [-0.15, -0.1) is 22.7 Å². The fourth-order valence-electron chi connectivity index (χ4n) is 2.62. The van der Waals surface area contributed by atoms with Crippen molar-refractivity contribution in [2.75, 3.05) is 5.75 Å². The van der Waals surface area contributed by atoms with Gasteiger partial charge in [0.2, 0.25) is 5.91 Å². The van der Waals surface area contributed by atoms with Gasteiger partial charge in [-0.1, -0.05) is 40.2 Å². The van der Waals surface area contributed by atoms with Gasteiger partial charge in [-0.2, -0.15) is 0 Å². The largest absolute Gasteiger partial charge is 0.332 e. The molecule has 0 saturated carbocycles. The van der Waals surface area contributed by atoms with E-state index in [1.54, 1.807) is 45.8 Å². The normalized spacial score (nSPS) is 11.4. The number of thiophene rings is 2. The summed E-state index contributed by atoms with van der Waals surface area (Å²) in [6, 6.07) is 14.9. The van der Waals surface area contributed by atoms with Crippen LogP contribution >= 0.6 is 38.6 Å². The first-order chi connectivity index (χ1) is 12.9. The van der Waals surface area contributed by atoms with E-state index < -0.39 is 15.6 Å². The lowest BCUT2D eigenvalue weighted by Crippen LogP contribution is -2.34. The Balaban J connectivity index is 1.72. The Morgan fingerprint density at radius 2 is 1.59 bits per heavy atom. The van der Waals surface area contributed by atoms with Crippen LogP contribution in [0.5, 0.6) is 0 Å². The summed E-state index contributed by atoms with van der Waals surface area (Å²) in [5.41, 5.74) is 0.667. The van der Waals surface area contributed by atoms with Gasteiger partial charge >= 0.3 is 0 Å². The summed E-state index contributed by atoms with van der Waals surface area (Å²) in [6.07, 6.45) is 0. The molecule has 0 bridgehead atoms. The monoisotopic (exact) mass is 483 g/mol. The van der Waals surface area contributed by atoms with Crippen molar-refractivity contribution in [2.45, 2.75) is 18.8 Å². The Hall–Kier alpha value is -1.48. The maximum Gasteiger partial charge on any atom is 0.238 e. The number of hydrogen-bond acceptors (Lipinski definition) is 5. The fourth-order valence-corrected chi connectivity index (χ4v) is 5.86. The summed E-state index contributed by atoms with van der Waals surface area (Å²) < 4.78 is 26.0. The van der Waals surface area contributed by atoms with Crippen LogP contribution in [-0.4, -0.2) is 25.0 Å². The predicted octanol–water partition coefficient (Wildman–Crippen LogP) is 4.72. The summed E-state index contributed by atoms with van der Waals surface area (Å²) in [6.45, 7) is 0.835. The number of rotatable bonds is 8. The van der Waals surface area contributed by atoms with Gasteiger partial charge in [0.05, 0.1) is 18.8 Å². The molecule has 0 saturated heterocycles. The molecule has 142 valence electrons. The molecule has 0 aliphatic carbocycles. The molecule has 1 aromatic carbocycles. The molecule has 2 heterocycles. The first-order valence-corrected chi connectivity index (χ1v) is 12.6. The molecule has 4 nitrogen and oxygen atoms in total. The predicted molar refractivity (Wildman–Crippen MR) is 115 cm³/mol. The molecule has 0 unspecified atom stereocenters. The number of nitrogens with zero attached hydrogens (tertiary/aromatic N) is 1. The Kier molecular flexibility index (Phi) is 6.86. The number of benzene rings is 1. The lowest BCUT2D eigenvalue weighted by molar-refractivity contribution is -0.129. The Morgan fingerprint density at radius 1 is 0.963 bits per heavy atom. The standard InChI is InChI=1S/C19H18BrNO3S3/c20-16-5-1-4-15(10-16)13-27(23,24)14-19(22)21(11-17-6-2-8-25-17)12-18-7-3-9-26-18/h1-10H,11-14H2. The van der Waals surface area contributed by atoms with E-state index in [0.717, 1.165) is 14.2 Å². The van der Waals surface area contributed by atoms with Gasteiger partial charge in [-0.05, 0) is 40.6 Å². The maximum absolute atomic E-state index is 12.8. The minimum absolute atomic E-state index is 0.149. The zero-order valence-corrected chi connectivity index (χ0v) is 18.4. The van der Waals surface area contributed by atoms with Crippen LogP contribution in [0.15, 0.2) is 63.8 Å². The van der Waals surface area contributed by atoms with Crippen molar-refractivity contribution in [1.29, 1.82) is 0 Å². The SMILES string of the molecule is O=C(CS(=O)(=O)Cc1cccc(Br)c1)N(Cc1cccs1)Cc1cccs1. The highest BCUT2D eigenvalue weighted by Crippen LogP contribution is 2.19. The molecule has 2 aromatic heterocycles. The third-order valence-corrected chi connectivity index (χ3v) is 7.50. The van der Waals surface area contributed by atoms with Gasteiger partial charge in [0, 0.05) is 14.2 Å². The molecule has 0 atom stereocenters. The van der Waals surface area contributed by atoms with Crippen LogP contribution in [-0.2, 0) is 33.5 Å². The van der Waals surface area contributed by atoms with Gasteiger partial charge < -0.3 is 4.90 Å². The van der Waals surface area contributed by atoms with Crippen LogP contribution in [0.3, 0.4) is 0 Å². The molecule has 1 amide bonds. The van der Waals surface area contributed by atoms with E-state index in [0.29, 0.717) is 18.7 Å². The quantitative estimate of drug-likeness (QED) is 0.465. The zero-order valence-electron chi connectivity index (χ0n) is 14.4. The molecular formula is C19H18BrNO3S3. The zero-order chi connectivity index (χ0) is 19.3. The average molecular weight is 484 g/mol. The van der Waals surface area contributed by atoms with Crippen molar-refractivity contribution >= 4 is 54.3 Å². The topological polar surface area (TPSA) is 54.5 Å². The Bertz CT molecular complexity index is 947. The highest BCUT2D eigenvalue weighted by Gasteiger charge is 2.23. The first-order valence-electron chi connectivity index (χ1n) is 8.19. The van der Waals surface area contributed by atoms with E-state index in [2.05, 4.69) is 15.9 Å². The van der Waals surface area contributed by atoms with Crippen molar-refractivity contribution < 1.29 is 13.2 Å². The molecule has 0 aliphatic heterocycles. The van der Waals surface area contributed by atoms with Crippen LogP contribution < -0.4 is 0 Å².